The Balaban J connectivity index is 1.93. The Morgan fingerprint density at radius 1 is 1.30 bits per heavy atom. The summed E-state index contributed by atoms with van der Waals surface area (Å²) in [5, 5.41) is 10.6. The summed E-state index contributed by atoms with van der Waals surface area (Å²) in [5.41, 5.74) is 7.83. The summed E-state index contributed by atoms with van der Waals surface area (Å²) in [6.45, 7) is 3.76. The molecule has 0 radical (unpaired) electrons. The number of amides is 1. The van der Waals surface area contributed by atoms with Gasteiger partial charge in [-0.15, -0.1) is 11.3 Å². The molecule has 0 atom stereocenters. The Labute approximate surface area is 139 Å². The Bertz CT molecular complexity index is 734. The molecule has 120 valence electrons. The summed E-state index contributed by atoms with van der Waals surface area (Å²) in [5.74, 6) is -0.144. The molecule has 2 rings (SSSR count). The second-order valence-corrected chi connectivity index (χ2v) is 6.58. The molecule has 2 aromatic rings. The lowest BCUT2D eigenvalue weighted by Gasteiger charge is -2.10. The summed E-state index contributed by atoms with van der Waals surface area (Å²) in [6, 6.07) is 7.62. The van der Waals surface area contributed by atoms with E-state index in [2.05, 4.69) is 10.3 Å². The molecule has 0 saturated heterocycles. The topological polar surface area (TPSA) is 91.9 Å². The van der Waals surface area contributed by atoms with Gasteiger partial charge in [-0.05, 0) is 44.5 Å². The Morgan fingerprint density at radius 3 is 2.61 bits per heavy atom. The van der Waals surface area contributed by atoms with Crippen LogP contribution in [0.2, 0.25) is 0 Å². The highest BCUT2D eigenvalue weighted by Crippen LogP contribution is 2.17. The summed E-state index contributed by atoms with van der Waals surface area (Å²) in [4.78, 5) is 18.3. The first-order valence-electron chi connectivity index (χ1n) is 7.28. The zero-order valence-electron chi connectivity index (χ0n) is 13.2. The van der Waals surface area contributed by atoms with Crippen LogP contribution >= 0.6 is 11.3 Å². The zero-order valence-corrected chi connectivity index (χ0v) is 14.0. The standard InChI is InChI=1S/C17H20N4OS/c1-11-3-4-14(23-11)5-6-15(22)21-17(19)12(2)16(18)13-7-9-20-10-8-13/h3-4,7-10H,5-6,18H2,1-2H3,(H2,19,21,22). The van der Waals surface area contributed by atoms with Crippen molar-refractivity contribution < 1.29 is 4.79 Å². The van der Waals surface area contributed by atoms with Crippen molar-refractivity contribution in [3.8, 4) is 0 Å². The van der Waals surface area contributed by atoms with E-state index in [1.165, 1.54) is 9.75 Å². The fourth-order valence-corrected chi connectivity index (χ4v) is 2.92. The van der Waals surface area contributed by atoms with E-state index in [1.54, 1.807) is 42.8 Å². The fourth-order valence-electron chi connectivity index (χ4n) is 2.03. The van der Waals surface area contributed by atoms with Crippen molar-refractivity contribution in [2.75, 3.05) is 0 Å². The maximum atomic E-state index is 12.0. The van der Waals surface area contributed by atoms with E-state index in [0.717, 1.165) is 5.56 Å². The maximum Gasteiger partial charge on any atom is 0.225 e. The molecular formula is C17H20N4OS. The van der Waals surface area contributed by atoms with Crippen LogP contribution in [0.1, 0.15) is 28.7 Å². The van der Waals surface area contributed by atoms with E-state index in [1.807, 2.05) is 19.1 Å². The predicted molar refractivity (Wildman–Crippen MR) is 94.3 cm³/mol. The van der Waals surface area contributed by atoms with Crippen LogP contribution in [0.4, 0.5) is 0 Å². The Morgan fingerprint density at radius 2 is 2.00 bits per heavy atom. The van der Waals surface area contributed by atoms with Crippen molar-refractivity contribution in [3.63, 3.8) is 0 Å². The number of nitrogens with zero attached hydrogens (tertiary/aromatic N) is 1. The van der Waals surface area contributed by atoms with Crippen LogP contribution in [0.5, 0.6) is 0 Å². The number of hydrogen-bond donors (Lipinski definition) is 3. The minimum absolute atomic E-state index is 0.0340. The molecule has 5 nitrogen and oxygen atoms in total. The summed E-state index contributed by atoms with van der Waals surface area (Å²) in [7, 11) is 0. The number of aryl methyl sites for hydroxylation is 2. The Kier molecular flexibility index (Phi) is 5.65. The molecule has 0 aliphatic heterocycles. The van der Waals surface area contributed by atoms with E-state index in [-0.39, 0.29) is 11.7 Å². The molecule has 0 fully saturated rings. The third-order valence-corrected chi connectivity index (χ3v) is 4.49. The van der Waals surface area contributed by atoms with Crippen LogP contribution in [0, 0.1) is 12.3 Å². The lowest BCUT2D eigenvalue weighted by atomic mass is 10.1. The van der Waals surface area contributed by atoms with Crippen LogP contribution in [-0.4, -0.2) is 16.7 Å². The second-order valence-electron chi connectivity index (χ2n) is 5.21. The van der Waals surface area contributed by atoms with Crippen LogP contribution in [0.3, 0.4) is 0 Å². The molecule has 0 bridgehead atoms. The number of rotatable bonds is 5. The molecule has 0 aliphatic carbocycles. The van der Waals surface area contributed by atoms with Crippen LogP contribution in [0.25, 0.3) is 5.70 Å². The van der Waals surface area contributed by atoms with Crippen molar-refractivity contribution in [1.82, 2.24) is 10.3 Å². The average molecular weight is 328 g/mol. The summed E-state index contributed by atoms with van der Waals surface area (Å²) >= 11 is 1.69. The predicted octanol–water partition coefficient (Wildman–Crippen LogP) is 2.87. The van der Waals surface area contributed by atoms with Crippen molar-refractivity contribution in [1.29, 1.82) is 5.41 Å². The number of nitrogens with one attached hydrogen (secondary N) is 2. The molecule has 0 spiro atoms. The lowest BCUT2D eigenvalue weighted by molar-refractivity contribution is -0.119. The van der Waals surface area contributed by atoms with Gasteiger partial charge in [-0.1, -0.05) is 0 Å². The van der Waals surface area contributed by atoms with Gasteiger partial charge in [0.25, 0.3) is 0 Å². The first kappa shape index (κ1) is 16.9. The number of hydrogen-bond acceptors (Lipinski definition) is 5. The highest BCUT2D eigenvalue weighted by atomic mass is 32.1. The number of carbonyl (C=O) groups is 1. The molecule has 0 aliphatic rings. The molecule has 23 heavy (non-hydrogen) atoms. The van der Waals surface area contributed by atoms with E-state index < -0.39 is 0 Å². The number of amidine groups is 1. The second kappa shape index (κ2) is 7.69. The van der Waals surface area contributed by atoms with E-state index in [4.69, 9.17) is 11.1 Å². The number of thiophene rings is 1. The molecule has 2 heterocycles. The van der Waals surface area contributed by atoms with Crippen LogP contribution in [-0.2, 0) is 11.2 Å². The summed E-state index contributed by atoms with van der Waals surface area (Å²) in [6.07, 6.45) is 4.31. The number of carbonyl (C=O) groups excluding carboxylic acids is 1. The molecule has 2 aromatic heterocycles. The number of aromatic nitrogens is 1. The van der Waals surface area contributed by atoms with E-state index in [0.29, 0.717) is 24.1 Å². The first-order chi connectivity index (χ1) is 11.0. The monoisotopic (exact) mass is 328 g/mol. The van der Waals surface area contributed by atoms with Crippen molar-refractivity contribution >= 4 is 28.8 Å². The van der Waals surface area contributed by atoms with Gasteiger partial charge in [0.15, 0.2) is 0 Å². The third kappa shape index (κ3) is 4.75. The van der Waals surface area contributed by atoms with Gasteiger partial charge >= 0.3 is 0 Å². The highest BCUT2D eigenvalue weighted by molar-refractivity contribution is 7.11. The van der Waals surface area contributed by atoms with Gasteiger partial charge in [0.2, 0.25) is 5.91 Å². The van der Waals surface area contributed by atoms with Gasteiger partial charge in [-0.25, -0.2) is 0 Å². The third-order valence-electron chi connectivity index (χ3n) is 3.43. The molecule has 1 amide bonds. The van der Waals surface area contributed by atoms with Gasteiger partial charge in [-0.3, -0.25) is 15.2 Å². The smallest absolute Gasteiger partial charge is 0.225 e. The van der Waals surface area contributed by atoms with Crippen molar-refractivity contribution in [2.24, 2.45) is 5.73 Å². The number of pyridine rings is 1. The normalized spacial score (nSPS) is 11.7. The molecule has 6 heteroatoms. The average Bonchev–Trinajstić information content (AvgIpc) is 2.97. The van der Waals surface area contributed by atoms with Gasteiger partial charge in [0.1, 0.15) is 5.84 Å². The lowest BCUT2D eigenvalue weighted by Crippen LogP contribution is -2.31. The molecule has 0 saturated carbocycles. The minimum atomic E-state index is -0.178. The fraction of sp³-hybridized carbons (Fsp3) is 0.235. The number of nitrogens with two attached hydrogens (primary N) is 1. The molecule has 0 aromatic carbocycles. The van der Waals surface area contributed by atoms with E-state index in [9.17, 15) is 4.79 Å². The highest BCUT2D eigenvalue weighted by Gasteiger charge is 2.11. The minimum Gasteiger partial charge on any atom is -0.398 e. The summed E-state index contributed by atoms with van der Waals surface area (Å²) < 4.78 is 0. The largest absolute Gasteiger partial charge is 0.398 e. The zero-order chi connectivity index (χ0) is 16.8. The van der Waals surface area contributed by atoms with Crippen LogP contribution in [0.15, 0.2) is 42.2 Å². The van der Waals surface area contributed by atoms with Gasteiger partial charge < -0.3 is 11.1 Å². The van der Waals surface area contributed by atoms with Gasteiger partial charge in [-0.2, -0.15) is 0 Å². The first-order valence-corrected chi connectivity index (χ1v) is 8.10. The van der Waals surface area contributed by atoms with Gasteiger partial charge in [0.05, 0.1) is 0 Å². The van der Waals surface area contributed by atoms with Crippen LogP contribution < -0.4 is 11.1 Å². The quantitative estimate of drug-likeness (QED) is 0.582. The SMILES string of the molecule is CC(C(=N)NC(=O)CCc1ccc(C)s1)=C(N)c1ccncc1. The molecule has 0 unspecified atom stereocenters. The van der Waals surface area contributed by atoms with E-state index >= 15 is 0 Å². The van der Waals surface area contributed by atoms with Crippen molar-refractivity contribution in [3.05, 3.63) is 57.6 Å². The van der Waals surface area contributed by atoms with Gasteiger partial charge in [0, 0.05) is 45.4 Å². The Hall–Kier alpha value is -2.47. The van der Waals surface area contributed by atoms with Crippen molar-refractivity contribution in [2.45, 2.75) is 26.7 Å². The molecule has 4 N–H and O–H groups in total. The maximum absolute atomic E-state index is 12.0. The molecular weight excluding hydrogens is 308 g/mol.